The molecule has 1 aliphatic rings. The number of hydrogen-bond acceptors (Lipinski definition) is 4. The predicted octanol–water partition coefficient (Wildman–Crippen LogP) is 4.55. The van der Waals surface area contributed by atoms with Crippen LogP contribution in [0.4, 0.5) is 0 Å². The molecule has 0 unspecified atom stereocenters. The molecule has 0 radical (unpaired) electrons. The van der Waals surface area contributed by atoms with Gasteiger partial charge in [-0.25, -0.2) is 0 Å². The number of amides is 1. The molecule has 3 rings (SSSR count). The molecule has 1 aliphatic carbocycles. The van der Waals surface area contributed by atoms with Crippen LogP contribution in [0.2, 0.25) is 0 Å². The molecule has 2 aromatic carbocycles. The molecule has 0 saturated heterocycles. The van der Waals surface area contributed by atoms with Crippen molar-refractivity contribution in [3.05, 3.63) is 64.7 Å². The van der Waals surface area contributed by atoms with Crippen LogP contribution < -0.4 is 14.8 Å². The van der Waals surface area contributed by atoms with Gasteiger partial charge in [0.05, 0.1) is 7.11 Å². The number of benzene rings is 2. The highest BCUT2D eigenvalue weighted by Crippen LogP contribution is 2.30. The first-order valence-electron chi connectivity index (χ1n) is 9.88. The van der Waals surface area contributed by atoms with E-state index < -0.39 is 0 Å². The zero-order valence-electron chi connectivity index (χ0n) is 16.9. The fourth-order valence-corrected chi connectivity index (χ4v) is 3.50. The van der Waals surface area contributed by atoms with Crippen LogP contribution in [0.1, 0.15) is 42.4 Å². The van der Waals surface area contributed by atoms with E-state index >= 15 is 0 Å². The topological polar surface area (TPSA) is 71.3 Å². The van der Waals surface area contributed by atoms with Crippen molar-refractivity contribution < 1.29 is 14.3 Å². The third-order valence-electron chi connectivity index (χ3n) is 5.03. The zero-order valence-corrected chi connectivity index (χ0v) is 16.9. The third-order valence-corrected chi connectivity index (χ3v) is 5.03. The Morgan fingerprint density at radius 1 is 1.21 bits per heavy atom. The van der Waals surface area contributed by atoms with E-state index in [0.717, 1.165) is 31.2 Å². The van der Waals surface area contributed by atoms with Crippen molar-refractivity contribution in [1.29, 1.82) is 5.26 Å². The molecule has 1 fully saturated rings. The number of nitriles is 1. The molecule has 5 heteroatoms. The number of rotatable bonds is 7. The van der Waals surface area contributed by atoms with E-state index in [4.69, 9.17) is 9.47 Å². The summed E-state index contributed by atoms with van der Waals surface area (Å²) in [4.78, 5) is 12.4. The summed E-state index contributed by atoms with van der Waals surface area (Å²) in [7, 11) is 1.57. The van der Waals surface area contributed by atoms with E-state index in [2.05, 4.69) is 11.4 Å². The van der Waals surface area contributed by atoms with E-state index in [1.54, 1.807) is 25.3 Å². The summed E-state index contributed by atoms with van der Waals surface area (Å²) >= 11 is 0. The number of nitrogens with zero attached hydrogens (tertiary/aromatic N) is 1. The summed E-state index contributed by atoms with van der Waals surface area (Å²) in [5, 5.41) is 12.4. The fraction of sp³-hybridized carbons (Fsp3) is 0.333. The van der Waals surface area contributed by atoms with Crippen molar-refractivity contribution >= 4 is 12.0 Å². The summed E-state index contributed by atoms with van der Waals surface area (Å²) < 4.78 is 11.3. The molecular weight excluding hydrogens is 364 g/mol. The first kappa shape index (κ1) is 20.5. The van der Waals surface area contributed by atoms with Gasteiger partial charge in [-0.3, -0.25) is 4.79 Å². The fourth-order valence-electron chi connectivity index (χ4n) is 3.50. The average molecular weight is 390 g/mol. The molecule has 5 nitrogen and oxygen atoms in total. The van der Waals surface area contributed by atoms with Crippen LogP contribution in [0.25, 0.3) is 6.08 Å². The Bertz CT molecular complexity index is 937. The summed E-state index contributed by atoms with van der Waals surface area (Å²) in [5.74, 6) is 0.845. The second-order valence-corrected chi connectivity index (χ2v) is 7.31. The summed E-state index contributed by atoms with van der Waals surface area (Å²) in [6.07, 6.45) is 5.78. The molecular formula is C24H26N2O3. The number of hydrogen-bond donors (Lipinski definition) is 1. The Labute approximate surface area is 172 Å². The van der Waals surface area contributed by atoms with Crippen LogP contribution in [0.15, 0.2) is 48.0 Å². The molecule has 0 aromatic heterocycles. The Hall–Kier alpha value is -3.26. The van der Waals surface area contributed by atoms with Crippen molar-refractivity contribution in [2.75, 3.05) is 7.11 Å². The SMILES string of the molecule is COc1cc(C=C(C#N)C(=O)NC2CCCC2)ccc1OCc1cccc(C)c1. The monoisotopic (exact) mass is 390 g/mol. The van der Waals surface area contributed by atoms with E-state index in [1.165, 1.54) is 5.56 Å². The van der Waals surface area contributed by atoms with Crippen LogP contribution in [-0.4, -0.2) is 19.1 Å². The first-order chi connectivity index (χ1) is 14.1. The van der Waals surface area contributed by atoms with Gasteiger partial charge in [0.25, 0.3) is 5.91 Å². The van der Waals surface area contributed by atoms with E-state index in [-0.39, 0.29) is 17.5 Å². The molecule has 0 atom stereocenters. The smallest absolute Gasteiger partial charge is 0.262 e. The Morgan fingerprint density at radius 3 is 2.69 bits per heavy atom. The number of methoxy groups -OCH3 is 1. The minimum atomic E-state index is -0.321. The van der Waals surface area contributed by atoms with Crippen molar-refractivity contribution in [2.45, 2.75) is 45.3 Å². The maximum Gasteiger partial charge on any atom is 0.262 e. The lowest BCUT2D eigenvalue weighted by atomic mass is 10.1. The van der Waals surface area contributed by atoms with Gasteiger partial charge in [0.2, 0.25) is 0 Å². The molecule has 29 heavy (non-hydrogen) atoms. The van der Waals surface area contributed by atoms with Gasteiger partial charge in [0.15, 0.2) is 11.5 Å². The van der Waals surface area contributed by atoms with Crippen LogP contribution in [0, 0.1) is 18.3 Å². The normalized spacial score (nSPS) is 14.3. The lowest BCUT2D eigenvalue weighted by molar-refractivity contribution is -0.117. The standard InChI is InChI=1S/C24H26N2O3/c1-17-6-5-7-19(12-17)16-29-22-11-10-18(14-23(22)28-2)13-20(15-25)24(27)26-21-8-3-4-9-21/h5-7,10-14,21H,3-4,8-9,16H2,1-2H3,(H,26,27). The Balaban J connectivity index is 1.71. The molecule has 2 aromatic rings. The Kier molecular flexibility index (Phi) is 6.91. The van der Waals surface area contributed by atoms with Crippen molar-refractivity contribution in [3.63, 3.8) is 0 Å². The van der Waals surface area contributed by atoms with Crippen LogP contribution in [0.5, 0.6) is 11.5 Å². The highest BCUT2D eigenvalue weighted by atomic mass is 16.5. The predicted molar refractivity (Wildman–Crippen MR) is 112 cm³/mol. The van der Waals surface area contributed by atoms with Gasteiger partial charge in [-0.15, -0.1) is 0 Å². The largest absolute Gasteiger partial charge is 0.493 e. The average Bonchev–Trinajstić information content (AvgIpc) is 3.23. The van der Waals surface area contributed by atoms with Gasteiger partial charge in [-0.2, -0.15) is 5.26 Å². The quantitative estimate of drug-likeness (QED) is 0.556. The minimum absolute atomic E-state index is 0.0902. The molecule has 0 spiro atoms. The Morgan fingerprint density at radius 2 is 2.00 bits per heavy atom. The molecule has 0 heterocycles. The highest BCUT2D eigenvalue weighted by Gasteiger charge is 2.19. The summed E-state index contributed by atoms with van der Waals surface area (Å²) in [6, 6.07) is 15.7. The highest BCUT2D eigenvalue weighted by molar-refractivity contribution is 6.01. The van der Waals surface area contributed by atoms with Gasteiger partial charge >= 0.3 is 0 Å². The van der Waals surface area contributed by atoms with Gasteiger partial charge in [0, 0.05) is 6.04 Å². The number of nitrogens with one attached hydrogen (secondary N) is 1. The van der Waals surface area contributed by atoms with E-state index in [0.29, 0.717) is 23.7 Å². The molecule has 0 bridgehead atoms. The third kappa shape index (κ3) is 5.61. The van der Waals surface area contributed by atoms with Crippen LogP contribution in [-0.2, 0) is 11.4 Å². The van der Waals surface area contributed by atoms with Crippen molar-refractivity contribution in [3.8, 4) is 17.6 Å². The first-order valence-corrected chi connectivity index (χ1v) is 9.88. The minimum Gasteiger partial charge on any atom is -0.493 e. The zero-order chi connectivity index (χ0) is 20.6. The second-order valence-electron chi connectivity index (χ2n) is 7.31. The summed E-state index contributed by atoms with van der Waals surface area (Å²) in [5.41, 5.74) is 3.06. The lowest BCUT2D eigenvalue weighted by Crippen LogP contribution is -2.33. The van der Waals surface area contributed by atoms with Gasteiger partial charge in [-0.05, 0) is 49.1 Å². The maximum atomic E-state index is 12.4. The van der Waals surface area contributed by atoms with Gasteiger partial charge in [0.1, 0.15) is 18.2 Å². The molecule has 1 amide bonds. The van der Waals surface area contributed by atoms with Gasteiger partial charge in [-0.1, -0.05) is 48.7 Å². The van der Waals surface area contributed by atoms with Crippen molar-refractivity contribution in [2.24, 2.45) is 0 Å². The number of ether oxygens (including phenoxy) is 2. The van der Waals surface area contributed by atoms with Crippen molar-refractivity contribution in [1.82, 2.24) is 5.32 Å². The maximum absolute atomic E-state index is 12.4. The molecule has 150 valence electrons. The lowest BCUT2D eigenvalue weighted by Gasteiger charge is -2.13. The number of carbonyl (C=O) groups excluding carboxylic acids is 1. The van der Waals surface area contributed by atoms with Crippen LogP contribution >= 0.6 is 0 Å². The second kappa shape index (κ2) is 9.79. The van der Waals surface area contributed by atoms with Crippen LogP contribution in [0.3, 0.4) is 0 Å². The number of aryl methyl sites for hydroxylation is 1. The summed E-state index contributed by atoms with van der Waals surface area (Å²) in [6.45, 7) is 2.47. The van der Waals surface area contributed by atoms with Gasteiger partial charge < -0.3 is 14.8 Å². The number of carbonyl (C=O) groups is 1. The molecule has 1 saturated carbocycles. The molecule has 0 aliphatic heterocycles. The molecule has 1 N–H and O–H groups in total. The van der Waals surface area contributed by atoms with E-state index in [1.807, 2.05) is 37.3 Å². The van der Waals surface area contributed by atoms with E-state index in [9.17, 15) is 10.1 Å².